The average Bonchev–Trinajstić information content (AvgIpc) is 2.18. The molecule has 0 saturated carbocycles. The Morgan fingerprint density at radius 2 is 1.53 bits per heavy atom. The van der Waals surface area contributed by atoms with Gasteiger partial charge in [0, 0.05) is 6.04 Å². The van der Waals surface area contributed by atoms with Crippen LogP contribution in [0.25, 0.3) is 0 Å². The van der Waals surface area contributed by atoms with Gasteiger partial charge in [0.05, 0.1) is 0 Å². The molecule has 0 bridgehead atoms. The second kappa shape index (κ2) is 6.83. The van der Waals surface area contributed by atoms with Gasteiger partial charge in [-0.15, -0.1) is 12.4 Å². The Kier molecular flexibility index (Phi) is 6.57. The second-order valence-electron chi connectivity index (χ2n) is 4.01. The lowest BCUT2D eigenvalue weighted by atomic mass is 9.98. The van der Waals surface area contributed by atoms with Crippen molar-refractivity contribution in [1.29, 1.82) is 0 Å². The third-order valence-electron chi connectivity index (χ3n) is 2.51. The SMILES string of the molecule is CC(C)c1ccc([C@H](N)CCN)cc1.Cl. The van der Waals surface area contributed by atoms with Gasteiger partial charge in [0.1, 0.15) is 0 Å². The zero-order valence-electron chi connectivity index (χ0n) is 9.44. The highest BCUT2D eigenvalue weighted by molar-refractivity contribution is 5.85. The van der Waals surface area contributed by atoms with Gasteiger partial charge in [0.2, 0.25) is 0 Å². The van der Waals surface area contributed by atoms with E-state index < -0.39 is 0 Å². The van der Waals surface area contributed by atoms with Gasteiger partial charge < -0.3 is 11.5 Å². The molecule has 0 amide bonds. The molecule has 1 rings (SSSR count). The monoisotopic (exact) mass is 228 g/mol. The first-order valence-corrected chi connectivity index (χ1v) is 5.20. The Hall–Kier alpha value is -0.570. The van der Waals surface area contributed by atoms with E-state index in [0.717, 1.165) is 6.42 Å². The molecule has 2 nitrogen and oxygen atoms in total. The van der Waals surface area contributed by atoms with E-state index >= 15 is 0 Å². The maximum absolute atomic E-state index is 5.95. The average molecular weight is 229 g/mol. The lowest BCUT2D eigenvalue weighted by Gasteiger charge is -2.12. The fourth-order valence-corrected chi connectivity index (χ4v) is 1.47. The summed E-state index contributed by atoms with van der Waals surface area (Å²) < 4.78 is 0. The number of hydrogen-bond donors (Lipinski definition) is 2. The van der Waals surface area contributed by atoms with Crippen LogP contribution in [0.15, 0.2) is 24.3 Å². The van der Waals surface area contributed by atoms with Crippen LogP contribution in [0.4, 0.5) is 0 Å². The normalized spacial score (nSPS) is 12.3. The first kappa shape index (κ1) is 14.4. The number of halogens is 1. The molecule has 0 heterocycles. The molecule has 1 aromatic carbocycles. The summed E-state index contributed by atoms with van der Waals surface area (Å²) in [5.74, 6) is 0.579. The van der Waals surface area contributed by atoms with Crippen LogP contribution < -0.4 is 11.5 Å². The molecule has 0 aliphatic rings. The van der Waals surface area contributed by atoms with Gasteiger partial charge in [-0.3, -0.25) is 0 Å². The van der Waals surface area contributed by atoms with E-state index in [-0.39, 0.29) is 18.4 Å². The fraction of sp³-hybridized carbons (Fsp3) is 0.500. The summed E-state index contributed by atoms with van der Waals surface area (Å²) in [6.07, 6.45) is 0.848. The fourth-order valence-electron chi connectivity index (χ4n) is 1.47. The van der Waals surface area contributed by atoms with Crippen molar-refractivity contribution in [3.05, 3.63) is 35.4 Å². The van der Waals surface area contributed by atoms with Crippen molar-refractivity contribution < 1.29 is 0 Å². The lowest BCUT2D eigenvalue weighted by molar-refractivity contribution is 0.660. The Morgan fingerprint density at radius 3 is 1.93 bits per heavy atom. The summed E-state index contributed by atoms with van der Waals surface area (Å²) in [7, 11) is 0. The number of hydrogen-bond acceptors (Lipinski definition) is 2. The summed E-state index contributed by atoms with van der Waals surface area (Å²) in [5.41, 5.74) is 14.0. The topological polar surface area (TPSA) is 52.0 Å². The number of nitrogens with two attached hydrogens (primary N) is 2. The molecule has 0 aliphatic carbocycles. The molecule has 0 aliphatic heterocycles. The van der Waals surface area contributed by atoms with Gasteiger partial charge >= 0.3 is 0 Å². The van der Waals surface area contributed by atoms with Crippen molar-refractivity contribution in [2.24, 2.45) is 11.5 Å². The molecule has 0 aromatic heterocycles. The zero-order chi connectivity index (χ0) is 10.6. The van der Waals surface area contributed by atoms with Crippen molar-refractivity contribution in [1.82, 2.24) is 0 Å². The van der Waals surface area contributed by atoms with Crippen LogP contribution in [0.2, 0.25) is 0 Å². The highest BCUT2D eigenvalue weighted by atomic mass is 35.5. The van der Waals surface area contributed by atoms with Crippen LogP contribution in [0, 0.1) is 0 Å². The van der Waals surface area contributed by atoms with Crippen LogP contribution in [0.1, 0.15) is 43.4 Å². The van der Waals surface area contributed by atoms with Gasteiger partial charge in [-0.25, -0.2) is 0 Å². The Balaban J connectivity index is 0.00000196. The van der Waals surface area contributed by atoms with Gasteiger partial charge in [0.25, 0.3) is 0 Å². The molecule has 1 atom stereocenters. The van der Waals surface area contributed by atoms with Crippen molar-refractivity contribution in [2.45, 2.75) is 32.2 Å². The van der Waals surface area contributed by atoms with Crippen LogP contribution in [-0.4, -0.2) is 6.54 Å². The van der Waals surface area contributed by atoms with E-state index in [0.29, 0.717) is 12.5 Å². The molecule has 0 spiro atoms. The van der Waals surface area contributed by atoms with Crippen LogP contribution in [0.3, 0.4) is 0 Å². The molecule has 4 N–H and O–H groups in total. The smallest absolute Gasteiger partial charge is 0.0306 e. The third-order valence-corrected chi connectivity index (χ3v) is 2.51. The highest BCUT2D eigenvalue weighted by Gasteiger charge is 2.05. The summed E-state index contributed by atoms with van der Waals surface area (Å²) in [6.45, 7) is 5.02. The predicted octanol–water partition coefficient (Wildman–Crippen LogP) is 2.58. The molecule has 1 aromatic rings. The summed E-state index contributed by atoms with van der Waals surface area (Å²) >= 11 is 0. The van der Waals surface area contributed by atoms with E-state index in [1.54, 1.807) is 0 Å². The van der Waals surface area contributed by atoms with Gasteiger partial charge in [-0.05, 0) is 30.0 Å². The molecule has 0 radical (unpaired) electrons. The van der Waals surface area contributed by atoms with Crippen molar-refractivity contribution in [2.75, 3.05) is 6.54 Å². The highest BCUT2D eigenvalue weighted by Crippen LogP contribution is 2.18. The van der Waals surface area contributed by atoms with Gasteiger partial charge in [-0.1, -0.05) is 38.1 Å². The third kappa shape index (κ3) is 4.20. The molecular weight excluding hydrogens is 208 g/mol. The van der Waals surface area contributed by atoms with Crippen molar-refractivity contribution in [3.63, 3.8) is 0 Å². The first-order valence-electron chi connectivity index (χ1n) is 5.20. The molecule has 0 fully saturated rings. The summed E-state index contributed by atoms with van der Waals surface area (Å²) in [5, 5.41) is 0. The van der Waals surface area contributed by atoms with Crippen LogP contribution in [-0.2, 0) is 0 Å². The minimum atomic E-state index is 0. The molecular formula is C12H21ClN2. The minimum Gasteiger partial charge on any atom is -0.330 e. The second-order valence-corrected chi connectivity index (χ2v) is 4.01. The maximum atomic E-state index is 5.95. The minimum absolute atomic E-state index is 0. The Morgan fingerprint density at radius 1 is 1.07 bits per heavy atom. The Bertz CT molecular complexity index is 269. The Labute approximate surface area is 98.5 Å². The molecule has 3 heteroatoms. The zero-order valence-corrected chi connectivity index (χ0v) is 10.3. The van der Waals surface area contributed by atoms with E-state index in [1.807, 2.05) is 0 Å². The first-order chi connectivity index (χ1) is 6.65. The largest absolute Gasteiger partial charge is 0.330 e. The lowest BCUT2D eigenvalue weighted by Crippen LogP contribution is -2.15. The number of rotatable bonds is 4. The van der Waals surface area contributed by atoms with E-state index in [9.17, 15) is 0 Å². The van der Waals surface area contributed by atoms with E-state index in [4.69, 9.17) is 11.5 Å². The molecule has 86 valence electrons. The van der Waals surface area contributed by atoms with Crippen LogP contribution >= 0.6 is 12.4 Å². The molecule has 15 heavy (non-hydrogen) atoms. The van der Waals surface area contributed by atoms with Gasteiger partial charge in [-0.2, -0.15) is 0 Å². The van der Waals surface area contributed by atoms with E-state index in [1.165, 1.54) is 11.1 Å². The standard InChI is InChI=1S/C12H20N2.ClH/c1-9(2)10-3-5-11(6-4-10)12(14)7-8-13;/h3-6,9,12H,7-8,13-14H2,1-2H3;1H/t12-;/m1./s1. The van der Waals surface area contributed by atoms with Gasteiger partial charge in [0.15, 0.2) is 0 Å². The van der Waals surface area contributed by atoms with E-state index in [2.05, 4.69) is 38.1 Å². The molecule has 0 unspecified atom stereocenters. The summed E-state index contributed by atoms with van der Waals surface area (Å²) in [4.78, 5) is 0. The molecule has 0 saturated heterocycles. The van der Waals surface area contributed by atoms with Crippen molar-refractivity contribution in [3.8, 4) is 0 Å². The summed E-state index contributed by atoms with van der Waals surface area (Å²) in [6, 6.07) is 8.60. The van der Waals surface area contributed by atoms with Crippen LogP contribution in [0.5, 0.6) is 0 Å². The predicted molar refractivity (Wildman–Crippen MR) is 68.4 cm³/mol. The number of benzene rings is 1. The maximum Gasteiger partial charge on any atom is 0.0306 e. The van der Waals surface area contributed by atoms with Crippen molar-refractivity contribution >= 4 is 12.4 Å². The quantitative estimate of drug-likeness (QED) is 0.833.